The van der Waals surface area contributed by atoms with Crippen molar-refractivity contribution < 1.29 is 41.0 Å². The van der Waals surface area contributed by atoms with Gasteiger partial charge in [-0.15, -0.1) is 0 Å². The summed E-state index contributed by atoms with van der Waals surface area (Å²) in [5.41, 5.74) is 0.995. The van der Waals surface area contributed by atoms with E-state index in [2.05, 4.69) is 15.7 Å². The molecule has 2 aromatic rings. The fourth-order valence-electron chi connectivity index (χ4n) is 8.18. The van der Waals surface area contributed by atoms with Gasteiger partial charge in [0.2, 0.25) is 0 Å². The largest absolute Gasteiger partial charge is 0.490 e. The molecule has 6 atom stereocenters. The summed E-state index contributed by atoms with van der Waals surface area (Å²) in [7, 11) is -4.28. The second-order valence-corrected chi connectivity index (χ2v) is 17.2. The zero-order valence-corrected chi connectivity index (χ0v) is 30.4. The summed E-state index contributed by atoms with van der Waals surface area (Å²) in [6, 6.07) is 10.6. The Kier molecular flexibility index (Phi) is 9.87. The topological polar surface area (TPSA) is 114 Å². The highest BCUT2D eigenvalue weighted by molar-refractivity contribution is 7.90. The molecule has 2 aliphatic carbocycles. The number of nitrogens with zero attached hydrogens (tertiary/aromatic N) is 2. The average molecular weight is 748 g/mol. The van der Waals surface area contributed by atoms with Gasteiger partial charge in [0.1, 0.15) is 29.8 Å². The molecule has 3 aliphatic heterocycles. The monoisotopic (exact) mass is 747 g/mol. The molecule has 10 nitrogen and oxygen atoms in total. The van der Waals surface area contributed by atoms with E-state index in [1.807, 2.05) is 12.1 Å². The van der Waals surface area contributed by atoms with Crippen LogP contribution in [0, 0.1) is 11.8 Å². The number of fused-ring (bicyclic) bond motifs is 4. The van der Waals surface area contributed by atoms with E-state index in [-0.39, 0.29) is 43.0 Å². The minimum Gasteiger partial charge on any atom is -0.490 e. The van der Waals surface area contributed by atoms with Crippen molar-refractivity contribution in [1.82, 2.24) is 9.62 Å². The van der Waals surface area contributed by atoms with Crippen molar-refractivity contribution >= 4 is 39.2 Å². The summed E-state index contributed by atoms with van der Waals surface area (Å²) in [5, 5.41) is 0.670. The molecule has 0 aromatic heterocycles. The molecule has 1 spiro atoms. The maximum absolute atomic E-state index is 13.9. The van der Waals surface area contributed by atoms with Crippen LogP contribution in [0.4, 0.5) is 14.5 Å². The molecule has 2 bridgehead atoms. The number of amides is 1. The van der Waals surface area contributed by atoms with Crippen LogP contribution in [0.5, 0.6) is 5.75 Å². The zero-order valence-electron chi connectivity index (χ0n) is 28.8. The van der Waals surface area contributed by atoms with Gasteiger partial charge in [-0.3, -0.25) is 14.5 Å². The summed E-state index contributed by atoms with van der Waals surface area (Å²) < 4.78 is 75.5. The molecule has 1 N–H and O–H groups in total. The quantitative estimate of drug-likeness (QED) is 0.346. The number of hydrogen-bond acceptors (Lipinski definition) is 9. The van der Waals surface area contributed by atoms with Gasteiger partial charge >= 0.3 is 5.97 Å². The van der Waals surface area contributed by atoms with Gasteiger partial charge in [0.25, 0.3) is 15.9 Å². The predicted molar refractivity (Wildman–Crippen MR) is 187 cm³/mol. The van der Waals surface area contributed by atoms with Gasteiger partial charge in [0.05, 0.1) is 30.3 Å². The maximum atomic E-state index is 13.9. The van der Waals surface area contributed by atoms with Gasteiger partial charge in [-0.25, -0.2) is 21.9 Å². The van der Waals surface area contributed by atoms with Crippen LogP contribution < -0.4 is 14.4 Å². The highest BCUT2D eigenvalue weighted by atomic mass is 35.5. The number of rotatable bonds is 3. The third kappa shape index (κ3) is 7.36. The highest BCUT2D eigenvalue weighted by Crippen LogP contribution is 2.47. The molecular weight excluding hydrogens is 704 g/mol. The van der Waals surface area contributed by atoms with Gasteiger partial charge in [-0.05, 0) is 99.4 Å². The number of sulfonamides is 1. The number of anilines is 1. The lowest BCUT2D eigenvalue weighted by Gasteiger charge is -2.46. The van der Waals surface area contributed by atoms with Crippen LogP contribution >= 0.6 is 11.6 Å². The first-order valence-electron chi connectivity index (χ1n) is 17.6. The number of hydrogen-bond donors (Lipinski definition) is 1. The zero-order chi connectivity index (χ0) is 36.1. The predicted octanol–water partition coefficient (Wildman–Crippen LogP) is 4.91. The number of nitrogens with one attached hydrogen (secondary N) is 1. The molecule has 276 valence electrons. The molecule has 2 fully saturated rings. The van der Waals surface area contributed by atoms with Crippen molar-refractivity contribution in [3.05, 3.63) is 64.7 Å². The number of benzene rings is 2. The lowest BCUT2D eigenvalue weighted by atomic mass is 9.68. The molecule has 7 rings (SSSR count). The molecule has 1 saturated heterocycles. The standard InChI is InChI=1S/C37H44ClF2N3O7S/c1-36(2)35(45)41-51(46,47)26-9-12-33-31(16-26)43(21-37(22-48-33)13-3-5-23-15-25(38)8-11-28(23)37)17-24-7-10-27(24)32(6-4-14-49-36)50-34(44)20-42-18-29(39)30(40)19-42/h4,6,8-9,11-12,15-16,24,27,29-30,32H,3,5,7,10,13-14,17-22H2,1-2H3,(H,41,45)/b6-4+/t24-,27+,29-,30+,32-,37-/m0/s1. The summed E-state index contributed by atoms with van der Waals surface area (Å²) in [5.74, 6) is -0.932. The molecule has 14 heteroatoms. The van der Waals surface area contributed by atoms with Crippen molar-refractivity contribution in [2.24, 2.45) is 11.8 Å². The normalized spacial score (nSPS) is 32.4. The first-order chi connectivity index (χ1) is 24.2. The van der Waals surface area contributed by atoms with E-state index >= 15 is 0 Å². The molecule has 51 heavy (non-hydrogen) atoms. The minimum absolute atomic E-state index is 0.0474. The van der Waals surface area contributed by atoms with Crippen LogP contribution in [0.2, 0.25) is 5.02 Å². The summed E-state index contributed by atoms with van der Waals surface area (Å²) in [4.78, 5) is 30.0. The fourth-order valence-corrected chi connectivity index (χ4v) is 9.50. The molecule has 1 amide bonds. The van der Waals surface area contributed by atoms with E-state index in [1.54, 1.807) is 24.3 Å². The van der Waals surface area contributed by atoms with Gasteiger partial charge in [-0.1, -0.05) is 23.7 Å². The number of esters is 1. The van der Waals surface area contributed by atoms with Crippen molar-refractivity contribution in [1.29, 1.82) is 0 Å². The molecule has 2 aromatic carbocycles. The molecule has 0 unspecified atom stereocenters. The second-order valence-electron chi connectivity index (χ2n) is 15.1. The molecule has 1 saturated carbocycles. The molecule has 5 aliphatic rings. The summed E-state index contributed by atoms with van der Waals surface area (Å²) >= 11 is 6.42. The fraction of sp³-hybridized carbons (Fsp3) is 0.568. The highest BCUT2D eigenvalue weighted by Gasteiger charge is 2.45. The van der Waals surface area contributed by atoms with E-state index in [0.717, 1.165) is 37.7 Å². The Labute approximate surface area is 302 Å². The van der Waals surface area contributed by atoms with Crippen LogP contribution in [0.3, 0.4) is 0 Å². The Bertz CT molecular complexity index is 1820. The average Bonchev–Trinajstić information content (AvgIpc) is 3.28. The first-order valence-corrected chi connectivity index (χ1v) is 19.5. The Morgan fingerprint density at radius 3 is 2.63 bits per heavy atom. The smallest absolute Gasteiger partial charge is 0.320 e. The van der Waals surface area contributed by atoms with Gasteiger partial charge in [0.15, 0.2) is 0 Å². The Balaban J connectivity index is 1.25. The third-order valence-corrected chi connectivity index (χ3v) is 12.8. The van der Waals surface area contributed by atoms with E-state index in [9.17, 15) is 26.8 Å². The van der Waals surface area contributed by atoms with Crippen LogP contribution in [0.15, 0.2) is 53.4 Å². The van der Waals surface area contributed by atoms with Crippen molar-refractivity contribution in [3.8, 4) is 5.75 Å². The SMILES string of the molecule is CC1(C)OC/C=C/[C@H](OC(=O)CN2C[C@@H](F)[C@@H](F)C2)[C@@H]2CC[C@H]2CN2C[C@@]3(CCCc4cc(Cl)ccc43)COc3ccc(cc32)S(=O)(=O)NC1=O. The lowest BCUT2D eigenvalue weighted by Crippen LogP contribution is -2.50. The third-order valence-electron chi connectivity index (χ3n) is 11.2. The van der Waals surface area contributed by atoms with E-state index in [0.29, 0.717) is 36.2 Å². The number of alkyl halides is 2. The number of aryl methyl sites for hydroxylation is 1. The van der Waals surface area contributed by atoms with Crippen LogP contribution in [-0.2, 0) is 40.9 Å². The molecular formula is C37H44ClF2N3O7S. The van der Waals surface area contributed by atoms with Gasteiger partial charge in [-0.2, -0.15) is 0 Å². The molecule has 0 radical (unpaired) electrons. The second kappa shape index (κ2) is 13.9. The van der Waals surface area contributed by atoms with Crippen LogP contribution in [0.25, 0.3) is 0 Å². The summed E-state index contributed by atoms with van der Waals surface area (Å²) in [6.07, 6.45) is 3.76. The Morgan fingerprint density at radius 1 is 1.10 bits per heavy atom. The number of ether oxygens (including phenoxy) is 3. The maximum Gasteiger partial charge on any atom is 0.320 e. The number of carbonyl (C=O) groups is 2. The Hall–Kier alpha value is -3.26. The van der Waals surface area contributed by atoms with Crippen molar-refractivity contribution in [2.45, 2.75) is 80.3 Å². The first kappa shape index (κ1) is 36.1. The van der Waals surface area contributed by atoms with Crippen LogP contribution in [-0.4, -0.2) is 95.2 Å². The van der Waals surface area contributed by atoms with Gasteiger partial charge < -0.3 is 19.1 Å². The Morgan fingerprint density at radius 2 is 1.88 bits per heavy atom. The van der Waals surface area contributed by atoms with Gasteiger partial charge in [0, 0.05) is 42.5 Å². The summed E-state index contributed by atoms with van der Waals surface area (Å²) in [6.45, 7) is 3.77. The van der Waals surface area contributed by atoms with E-state index in [1.165, 1.54) is 30.4 Å². The van der Waals surface area contributed by atoms with E-state index < -0.39 is 51.4 Å². The molecule has 3 heterocycles. The minimum atomic E-state index is -4.28. The number of likely N-dealkylation sites (tertiary alicyclic amines) is 1. The van der Waals surface area contributed by atoms with Crippen molar-refractivity contribution in [2.75, 3.05) is 50.8 Å². The van der Waals surface area contributed by atoms with Crippen molar-refractivity contribution in [3.63, 3.8) is 0 Å². The number of carbonyl (C=O) groups excluding carboxylic acids is 2. The van der Waals surface area contributed by atoms with Crippen LogP contribution in [0.1, 0.15) is 50.7 Å². The number of halogens is 3. The lowest BCUT2D eigenvalue weighted by molar-refractivity contribution is -0.153. The van der Waals surface area contributed by atoms with E-state index in [4.69, 9.17) is 25.8 Å².